The normalized spacial score (nSPS) is 11.4. The maximum Gasteiger partial charge on any atom is 0.253 e. The zero-order valence-electron chi connectivity index (χ0n) is 11.7. The van der Waals surface area contributed by atoms with Gasteiger partial charge in [0.1, 0.15) is 0 Å². The Morgan fingerprint density at radius 3 is 2.67 bits per heavy atom. The molecule has 1 aromatic rings. The van der Waals surface area contributed by atoms with Crippen LogP contribution in [0.25, 0.3) is 0 Å². The molecule has 4 heteroatoms. The molecule has 0 atom stereocenters. The number of hydrogen-bond acceptors (Lipinski definition) is 3. The van der Waals surface area contributed by atoms with Gasteiger partial charge in [0.05, 0.1) is 0 Å². The minimum Gasteiger partial charge on any atom is -0.341 e. The summed E-state index contributed by atoms with van der Waals surface area (Å²) in [7, 11) is 1.83. The van der Waals surface area contributed by atoms with E-state index in [1.165, 1.54) is 0 Å². The average molecular weight is 249 g/mol. The van der Waals surface area contributed by atoms with Crippen LogP contribution in [0.2, 0.25) is 0 Å². The third-order valence-electron chi connectivity index (χ3n) is 2.52. The Hall–Kier alpha value is -1.42. The number of aromatic nitrogens is 1. The summed E-state index contributed by atoms with van der Waals surface area (Å²) in [6, 6.07) is 3.58. The van der Waals surface area contributed by atoms with Crippen molar-refractivity contribution in [1.29, 1.82) is 0 Å². The molecule has 0 aliphatic carbocycles. The number of nitrogens with two attached hydrogens (primary N) is 1. The smallest absolute Gasteiger partial charge is 0.253 e. The van der Waals surface area contributed by atoms with Gasteiger partial charge in [0.15, 0.2) is 0 Å². The molecule has 4 nitrogen and oxygen atoms in total. The topological polar surface area (TPSA) is 59.2 Å². The second-order valence-corrected chi connectivity index (χ2v) is 5.80. The van der Waals surface area contributed by atoms with E-state index in [0.717, 1.165) is 12.2 Å². The van der Waals surface area contributed by atoms with Crippen molar-refractivity contribution >= 4 is 5.91 Å². The van der Waals surface area contributed by atoms with Crippen LogP contribution in [0.1, 0.15) is 36.8 Å². The van der Waals surface area contributed by atoms with E-state index < -0.39 is 0 Å². The van der Waals surface area contributed by atoms with Crippen molar-refractivity contribution in [3.05, 3.63) is 29.6 Å². The molecule has 100 valence electrons. The Morgan fingerprint density at radius 1 is 1.44 bits per heavy atom. The van der Waals surface area contributed by atoms with E-state index in [2.05, 4.69) is 25.8 Å². The molecule has 0 aromatic carbocycles. The standard InChI is InChI=1S/C14H23N3O/c1-14(2,3)10-17(4)13(18)11-6-8-16-12(9-11)5-7-15/h6,8-9H,5,7,10,15H2,1-4H3. The van der Waals surface area contributed by atoms with Gasteiger partial charge in [-0.3, -0.25) is 9.78 Å². The lowest BCUT2D eigenvalue weighted by molar-refractivity contribution is 0.0745. The number of pyridine rings is 1. The predicted molar refractivity (Wildman–Crippen MR) is 73.4 cm³/mol. The largest absolute Gasteiger partial charge is 0.341 e. The van der Waals surface area contributed by atoms with E-state index in [9.17, 15) is 4.79 Å². The van der Waals surface area contributed by atoms with Crippen molar-refractivity contribution in [3.8, 4) is 0 Å². The summed E-state index contributed by atoms with van der Waals surface area (Å²) in [5.41, 5.74) is 7.14. The molecule has 0 aliphatic rings. The Morgan fingerprint density at radius 2 is 2.11 bits per heavy atom. The van der Waals surface area contributed by atoms with Crippen molar-refractivity contribution in [2.75, 3.05) is 20.1 Å². The minimum atomic E-state index is 0.0330. The quantitative estimate of drug-likeness (QED) is 0.883. The highest BCUT2D eigenvalue weighted by molar-refractivity contribution is 5.94. The molecular formula is C14H23N3O. The molecule has 2 N–H and O–H groups in total. The highest BCUT2D eigenvalue weighted by Crippen LogP contribution is 2.16. The lowest BCUT2D eigenvalue weighted by Gasteiger charge is -2.26. The van der Waals surface area contributed by atoms with Crippen molar-refractivity contribution in [2.24, 2.45) is 11.1 Å². The fourth-order valence-electron chi connectivity index (χ4n) is 1.90. The second kappa shape index (κ2) is 5.96. The van der Waals surface area contributed by atoms with E-state index in [4.69, 9.17) is 5.73 Å². The molecule has 1 heterocycles. The lowest BCUT2D eigenvalue weighted by Crippen LogP contribution is -2.34. The Kier molecular flexibility index (Phi) is 4.84. The van der Waals surface area contributed by atoms with E-state index >= 15 is 0 Å². The van der Waals surface area contributed by atoms with Crippen LogP contribution in [-0.4, -0.2) is 35.9 Å². The van der Waals surface area contributed by atoms with E-state index in [-0.39, 0.29) is 11.3 Å². The highest BCUT2D eigenvalue weighted by Gasteiger charge is 2.19. The van der Waals surface area contributed by atoms with Crippen LogP contribution in [-0.2, 0) is 6.42 Å². The summed E-state index contributed by atoms with van der Waals surface area (Å²) < 4.78 is 0. The Bertz CT molecular complexity index is 410. The highest BCUT2D eigenvalue weighted by atomic mass is 16.2. The SMILES string of the molecule is CN(CC(C)(C)C)C(=O)c1ccnc(CCN)c1. The van der Waals surface area contributed by atoms with Crippen molar-refractivity contribution in [3.63, 3.8) is 0 Å². The molecule has 1 amide bonds. The first-order valence-corrected chi connectivity index (χ1v) is 6.24. The fraction of sp³-hybridized carbons (Fsp3) is 0.571. The summed E-state index contributed by atoms with van der Waals surface area (Å²) in [4.78, 5) is 18.2. The van der Waals surface area contributed by atoms with E-state index in [0.29, 0.717) is 18.5 Å². The van der Waals surface area contributed by atoms with Gasteiger partial charge in [-0.1, -0.05) is 20.8 Å². The minimum absolute atomic E-state index is 0.0330. The molecular weight excluding hydrogens is 226 g/mol. The van der Waals surface area contributed by atoms with E-state index in [1.54, 1.807) is 17.2 Å². The maximum atomic E-state index is 12.2. The van der Waals surface area contributed by atoms with Crippen LogP contribution in [0.5, 0.6) is 0 Å². The molecule has 0 bridgehead atoms. The first-order chi connectivity index (χ1) is 8.33. The third-order valence-corrected chi connectivity index (χ3v) is 2.52. The van der Waals surface area contributed by atoms with Crippen LogP contribution in [0.3, 0.4) is 0 Å². The zero-order valence-corrected chi connectivity index (χ0v) is 11.7. The number of amides is 1. The van der Waals surface area contributed by atoms with Crippen molar-refractivity contribution in [1.82, 2.24) is 9.88 Å². The second-order valence-electron chi connectivity index (χ2n) is 5.80. The Balaban J connectivity index is 2.80. The van der Waals surface area contributed by atoms with Gasteiger partial charge in [0, 0.05) is 37.5 Å². The van der Waals surface area contributed by atoms with Gasteiger partial charge < -0.3 is 10.6 Å². The van der Waals surface area contributed by atoms with Crippen LogP contribution in [0.4, 0.5) is 0 Å². The molecule has 0 radical (unpaired) electrons. The summed E-state index contributed by atoms with van der Waals surface area (Å²) >= 11 is 0. The molecule has 0 saturated heterocycles. The number of carbonyl (C=O) groups is 1. The van der Waals surface area contributed by atoms with Crippen LogP contribution < -0.4 is 5.73 Å². The molecule has 0 unspecified atom stereocenters. The first-order valence-electron chi connectivity index (χ1n) is 6.24. The van der Waals surface area contributed by atoms with Gasteiger partial charge in [0.25, 0.3) is 5.91 Å². The molecule has 0 aliphatic heterocycles. The lowest BCUT2D eigenvalue weighted by atomic mass is 9.96. The number of hydrogen-bond donors (Lipinski definition) is 1. The number of rotatable bonds is 4. The zero-order chi connectivity index (χ0) is 13.8. The van der Waals surface area contributed by atoms with Crippen molar-refractivity contribution in [2.45, 2.75) is 27.2 Å². The summed E-state index contributed by atoms with van der Waals surface area (Å²) in [5, 5.41) is 0. The number of carbonyl (C=O) groups excluding carboxylic acids is 1. The van der Waals surface area contributed by atoms with Gasteiger partial charge >= 0.3 is 0 Å². The predicted octanol–water partition coefficient (Wildman–Crippen LogP) is 1.70. The maximum absolute atomic E-state index is 12.2. The third kappa shape index (κ3) is 4.45. The van der Waals surface area contributed by atoms with Crippen LogP contribution in [0.15, 0.2) is 18.3 Å². The van der Waals surface area contributed by atoms with Crippen LogP contribution in [0, 0.1) is 5.41 Å². The summed E-state index contributed by atoms with van der Waals surface area (Å²) in [6.45, 7) is 7.61. The van der Waals surface area contributed by atoms with Crippen molar-refractivity contribution < 1.29 is 4.79 Å². The number of nitrogens with zero attached hydrogens (tertiary/aromatic N) is 2. The molecule has 0 saturated carbocycles. The Labute approximate surface area is 109 Å². The van der Waals surface area contributed by atoms with Gasteiger partial charge in [-0.25, -0.2) is 0 Å². The van der Waals surface area contributed by atoms with Gasteiger partial charge in [-0.05, 0) is 24.1 Å². The molecule has 1 aromatic heterocycles. The van der Waals surface area contributed by atoms with E-state index in [1.807, 2.05) is 13.1 Å². The molecule has 1 rings (SSSR count). The van der Waals surface area contributed by atoms with Gasteiger partial charge in [0.2, 0.25) is 0 Å². The van der Waals surface area contributed by atoms with Gasteiger partial charge in [-0.15, -0.1) is 0 Å². The summed E-state index contributed by atoms with van der Waals surface area (Å²) in [6.07, 6.45) is 2.37. The van der Waals surface area contributed by atoms with Gasteiger partial charge in [-0.2, -0.15) is 0 Å². The summed E-state index contributed by atoms with van der Waals surface area (Å²) in [5.74, 6) is 0.0330. The monoisotopic (exact) mass is 249 g/mol. The molecule has 0 spiro atoms. The average Bonchev–Trinajstić information content (AvgIpc) is 2.26. The fourth-order valence-corrected chi connectivity index (χ4v) is 1.90. The van der Waals surface area contributed by atoms with Crippen LogP contribution >= 0.6 is 0 Å². The molecule has 18 heavy (non-hydrogen) atoms. The molecule has 0 fully saturated rings. The first kappa shape index (κ1) is 14.6.